The maximum atomic E-state index is 12.8. The lowest BCUT2D eigenvalue weighted by atomic mass is 9.89. The highest BCUT2D eigenvalue weighted by Crippen LogP contribution is 2.21. The molecule has 2 atom stereocenters. The van der Waals surface area contributed by atoms with Gasteiger partial charge in [0.2, 0.25) is 0 Å². The molecule has 0 saturated heterocycles. The zero-order chi connectivity index (χ0) is 21.7. The molecule has 3 rings (SSSR count). The Hall–Kier alpha value is -2.62. The van der Waals surface area contributed by atoms with E-state index in [2.05, 4.69) is 38.3 Å². The summed E-state index contributed by atoms with van der Waals surface area (Å²) in [6.45, 7) is 8.56. The lowest BCUT2D eigenvalue weighted by Crippen LogP contribution is -2.53. The van der Waals surface area contributed by atoms with Gasteiger partial charge in [0.05, 0.1) is 0 Å². The number of carbonyl (C=O) groups excluding carboxylic acids is 2. The Kier molecular flexibility index (Phi) is 7.30. The van der Waals surface area contributed by atoms with E-state index < -0.39 is 0 Å². The van der Waals surface area contributed by atoms with Crippen molar-refractivity contribution < 1.29 is 9.59 Å². The fourth-order valence-electron chi connectivity index (χ4n) is 4.02. The van der Waals surface area contributed by atoms with Gasteiger partial charge >= 0.3 is 0 Å². The molecule has 2 N–H and O–H groups in total. The first-order chi connectivity index (χ1) is 14.3. The van der Waals surface area contributed by atoms with E-state index in [-0.39, 0.29) is 23.9 Å². The SMILES string of the molecule is CC(C)c1ccc(C(=O)NC2CCCCC2NC(=O)c2ccc(C(C)C)cc2)cc1. The minimum atomic E-state index is -0.0715. The molecule has 2 aromatic rings. The van der Waals surface area contributed by atoms with Crippen molar-refractivity contribution in [2.45, 2.75) is 77.3 Å². The van der Waals surface area contributed by atoms with Gasteiger partial charge in [-0.2, -0.15) is 0 Å². The van der Waals surface area contributed by atoms with Crippen LogP contribution < -0.4 is 10.6 Å². The lowest BCUT2D eigenvalue weighted by Gasteiger charge is -2.33. The van der Waals surface area contributed by atoms with Crippen LogP contribution in [0.25, 0.3) is 0 Å². The summed E-state index contributed by atoms with van der Waals surface area (Å²) < 4.78 is 0. The summed E-state index contributed by atoms with van der Waals surface area (Å²) >= 11 is 0. The van der Waals surface area contributed by atoms with E-state index in [1.165, 1.54) is 11.1 Å². The van der Waals surface area contributed by atoms with Crippen molar-refractivity contribution in [3.05, 3.63) is 70.8 Å². The minimum absolute atomic E-state index is 0.0464. The van der Waals surface area contributed by atoms with Crippen LogP contribution in [0.5, 0.6) is 0 Å². The van der Waals surface area contributed by atoms with Crippen molar-refractivity contribution in [2.24, 2.45) is 0 Å². The lowest BCUT2D eigenvalue weighted by molar-refractivity contribution is 0.0863. The highest BCUT2D eigenvalue weighted by atomic mass is 16.2. The first kappa shape index (κ1) is 22.1. The Balaban J connectivity index is 1.64. The van der Waals surface area contributed by atoms with Gasteiger partial charge in [-0.1, -0.05) is 64.8 Å². The van der Waals surface area contributed by atoms with E-state index in [9.17, 15) is 9.59 Å². The Morgan fingerprint density at radius 3 is 1.30 bits per heavy atom. The third kappa shape index (κ3) is 5.50. The van der Waals surface area contributed by atoms with Crippen molar-refractivity contribution in [3.63, 3.8) is 0 Å². The third-order valence-electron chi connectivity index (χ3n) is 6.08. The molecule has 0 bridgehead atoms. The average molecular weight is 407 g/mol. The summed E-state index contributed by atoms with van der Waals surface area (Å²) in [5.41, 5.74) is 3.77. The van der Waals surface area contributed by atoms with E-state index in [1.807, 2.05) is 48.5 Å². The second-order valence-corrected chi connectivity index (χ2v) is 9.00. The van der Waals surface area contributed by atoms with E-state index in [1.54, 1.807) is 0 Å². The van der Waals surface area contributed by atoms with E-state index in [0.717, 1.165) is 25.7 Å². The van der Waals surface area contributed by atoms with Gasteiger partial charge in [-0.3, -0.25) is 9.59 Å². The number of carbonyl (C=O) groups is 2. The van der Waals surface area contributed by atoms with Crippen LogP contribution in [0.1, 0.15) is 97.1 Å². The highest BCUT2D eigenvalue weighted by molar-refractivity contribution is 5.95. The summed E-state index contributed by atoms with van der Waals surface area (Å²) in [6, 6.07) is 15.5. The van der Waals surface area contributed by atoms with Crippen molar-refractivity contribution >= 4 is 11.8 Å². The van der Waals surface area contributed by atoms with Crippen LogP contribution >= 0.6 is 0 Å². The van der Waals surface area contributed by atoms with Crippen LogP contribution in [-0.2, 0) is 0 Å². The third-order valence-corrected chi connectivity index (χ3v) is 6.08. The van der Waals surface area contributed by atoms with Gasteiger partial charge in [0.15, 0.2) is 0 Å². The van der Waals surface area contributed by atoms with Gasteiger partial charge in [-0.05, 0) is 60.1 Å². The van der Waals surface area contributed by atoms with Gasteiger partial charge < -0.3 is 10.6 Å². The molecule has 0 radical (unpaired) electrons. The van der Waals surface area contributed by atoms with Gasteiger partial charge in [-0.15, -0.1) is 0 Å². The monoisotopic (exact) mass is 406 g/mol. The van der Waals surface area contributed by atoms with Crippen molar-refractivity contribution in [1.29, 1.82) is 0 Å². The maximum Gasteiger partial charge on any atom is 0.251 e. The molecule has 30 heavy (non-hydrogen) atoms. The fourth-order valence-corrected chi connectivity index (χ4v) is 4.02. The molecule has 1 aliphatic carbocycles. The normalized spacial score (nSPS) is 19.0. The van der Waals surface area contributed by atoms with Gasteiger partial charge in [0, 0.05) is 23.2 Å². The largest absolute Gasteiger partial charge is 0.347 e. The van der Waals surface area contributed by atoms with E-state index >= 15 is 0 Å². The average Bonchev–Trinajstić information content (AvgIpc) is 2.75. The molecule has 1 saturated carbocycles. The number of nitrogens with one attached hydrogen (secondary N) is 2. The summed E-state index contributed by atoms with van der Waals surface area (Å²) in [4.78, 5) is 25.5. The Morgan fingerprint density at radius 2 is 1.00 bits per heavy atom. The van der Waals surface area contributed by atoms with Crippen LogP contribution in [0.15, 0.2) is 48.5 Å². The molecule has 2 amide bonds. The molecule has 0 aliphatic heterocycles. The van der Waals surface area contributed by atoms with Crippen molar-refractivity contribution in [1.82, 2.24) is 10.6 Å². The first-order valence-corrected chi connectivity index (χ1v) is 11.2. The molecule has 4 nitrogen and oxygen atoms in total. The van der Waals surface area contributed by atoms with Crippen molar-refractivity contribution in [2.75, 3.05) is 0 Å². The quantitative estimate of drug-likeness (QED) is 0.674. The molecule has 0 heterocycles. The molecule has 1 fully saturated rings. The fraction of sp³-hybridized carbons (Fsp3) is 0.462. The summed E-state index contributed by atoms with van der Waals surface area (Å²) in [5.74, 6) is 0.736. The Labute approximate surface area is 180 Å². The number of benzene rings is 2. The van der Waals surface area contributed by atoms with Crippen LogP contribution in [-0.4, -0.2) is 23.9 Å². The minimum Gasteiger partial charge on any atom is -0.347 e. The zero-order valence-corrected chi connectivity index (χ0v) is 18.6. The molecular weight excluding hydrogens is 372 g/mol. The van der Waals surface area contributed by atoms with Gasteiger partial charge in [0.25, 0.3) is 11.8 Å². The molecular formula is C26H34N2O2. The highest BCUT2D eigenvalue weighted by Gasteiger charge is 2.28. The Bertz CT molecular complexity index is 780. The number of rotatable bonds is 6. The standard InChI is InChI=1S/C26H34N2O2/c1-17(2)19-9-13-21(14-10-19)25(29)27-23-7-5-6-8-24(23)28-26(30)22-15-11-20(12-16-22)18(3)4/h9-18,23-24H,5-8H2,1-4H3,(H,27,29)(H,28,30). The molecule has 0 aromatic heterocycles. The summed E-state index contributed by atoms with van der Waals surface area (Å²) in [6.07, 6.45) is 3.89. The molecule has 160 valence electrons. The van der Waals surface area contributed by atoms with Gasteiger partial charge in [-0.25, -0.2) is 0 Å². The molecule has 4 heteroatoms. The van der Waals surface area contributed by atoms with Crippen molar-refractivity contribution in [3.8, 4) is 0 Å². The second-order valence-electron chi connectivity index (χ2n) is 9.00. The van der Waals surface area contributed by atoms with Crippen LogP contribution in [0.4, 0.5) is 0 Å². The first-order valence-electron chi connectivity index (χ1n) is 11.2. The predicted octanol–water partition coefficient (Wildman–Crippen LogP) is 5.40. The topological polar surface area (TPSA) is 58.2 Å². The van der Waals surface area contributed by atoms with Crippen LogP contribution in [0.2, 0.25) is 0 Å². The second kappa shape index (κ2) is 9.92. The molecule has 2 aromatic carbocycles. The van der Waals surface area contributed by atoms with E-state index in [4.69, 9.17) is 0 Å². The Morgan fingerprint density at radius 1 is 0.667 bits per heavy atom. The molecule has 2 unspecified atom stereocenters. The van der Waals surface area contributed by atoms with E-state index in [0.29, 0.717) is 23.0 Å². The molecule has 1 aliphatic rings. The summed E-state index contributed by atoms with van der Waals surface area (Å²) in [7, 11) is 0. The van der Waals surface area contributed by atoms with Crippen LogP contribution in [0, 0.1) is 0 Å². The van der Waals surface area contributed by atoms with Gasteiger partial charge in [0.1, 0.15) is 0 Å². The number of hydrogen-bond donors (Lipinski definition) is 2. The number of amides is 2. The van der Waals surface area contributed by atoms with Crippen LogP contribution in [0.3, 0.4) is 0 Å². The zero-order valence-electron chi connectivity index (χ0n) is 18.6. The predicted molar refractivity (Wildman–Crippen MR) is 122 cm³/mol. The smallest absolute Gasteiger partial charge is 0.251 e. The maximum absolute atomic E-state index is 12.8. The molecule has 0 spiro atoms. The summed E-state index contributed by atoms with van der Waals surface area (Å²) in [5, 5.41) is 6.32. The number of hydrogen-bond acceptors (Lipinski definition) is 2.